The number of aliphatic hydroxyl groups excluding tert-OH is 1. The highest BCUT2D eigenvalue weighted by Gasteiger charge is 2.31. The second-order valence-electron chi connectivity index (χ2n) is 5.20. The molecule has 2 aliphatic rings. The maximum atomic E-state index is 12.4. The molecule has 17 heavy (non-hydrogen) atoms. The smallest absolute Gasteiger partial charge is 0.239 e. The van der Waals surface area contributed by atoms with Crippen molar-refractivity contribution in [2.75, 3.05) is 19.7 Å². The summed E-state index contributed by atoms with van der Waals surface area (Å²) in [6.07, 6.45) is 7.40. The topological polar surface area (TPSA) is 52.6 Å². The Hall–Kier alpha value is -0.610. The molecule has 0 radical (unpaired) electrons. The minimum Gasteiger partial charge on any atom is -0.396 e. The van der Waals surface area contributed by atoms with E-state index in [-0.39, 0.29) is 24.6 Å². The van der Waals surface area contributed by atoms with Gasteiger partial charge >= 0.3 is 0 Å². The summed E-state index contributed by atoms with van der Waals surface area (Å²) in [5.74, 6) is 0.267. The second-order valence-corrected chi connectivity index (χ2v) is 5.20. The molecule has 2 rings (SSSR count). The number of carbonyl (C=O) groups is 1. The molecular formula is C13H24N2O2. The standard InChI is InChI=1S/C13H24N2O2/c16-10-7-11-5-2-4-9-15(11)13(17)12-6-1-3-8-14-12/h11-12,14,16H,1-10H2. The molecule has 2 heterocycles. The summed E-state index contributed by atoms with van der Waals surface area (Å²) in [7, 11) is 0. The second kappa shape index (κ2) is 6.36. The van der Waals surface area contributed by atoms with Gasteiger partial charge in [0.25, 0.3) is 0 Å². The molecule has 2 aliphatic heterocycles. The van der Waals surface area contributed by atoms with Crippen LogP contribution in [0.5, 0.6) is 0 Å². The Morgan fingerprint density at radius 3 is 2.76 bits per heavy atom. The van der Waals surface area contributed by atoms with Gasteiger partial charge in [0, 0.05) is 19.2 Å². The highest BCUT2D eigenvalue weighted by molar-refractivity contribution is 5.82. The first-order valence-corrected chi connectivity index (χ1v) is 6.97. The predicted molar refractivity (Wildman–Crippen MR) is 66.7 cm³/mol. The normalized spacial score (nSPS) is 30.3. The maximum absolute atomic E-state index is 12.4. The van der Waals surface area contributed by atoms with Crippen molar-refractivity contribution in [2.24, 2.45) is 0 Å². The quantitative estimate of drug-likeness (QED) is 0.770. The van der Waals surface area contributed by atoms with Crippen LogP contribution >= 0.6 is 0 Å². The molecule has 0 spiro atoms. The maximum Gasteiger partial charge on any atom is 0.239 e. The third kappa shape index (κ3) is 3.19. The Balaban J connectivity index is 1.94. The number of nitrogens with zero attached hydrogens (tertiary/aromatic N) is 1. The van der Waals surface area contributed by atoms with E-state index in [1.165, 1.54) is 12.8 Å². The Kier molecular flexibility index (Phi) is 4.80. The number of carbonyl (C=O) groups excluding carboxylic acids is 1. The van der Waals surface area contributed by atoms with Crippen molar-refractivity contribution in [2.45, 2.75) is 57.0 Å². The van der Waals surface area contributed by atoms with Gasteiger partial charge in [0.1, 0.15) is 0 Å². The fraction of sp³-hybridized carbons (Fsp3) is 0.923. The van der Waals surface area contributed by atoms with Crippen LogP contribution in [0.4, 0.5) is 0 Å². The summed E-state index contributed by atoms with van der Waals surface area (Å²) in [6.45, 7) is 2.03. The molecule has 2 atom stereocenters. The molecule has 0 bridgehead atoms. The van der Waals surface area contributed by atoms with Crippen molar-refractivity contribution in [3.05, 3.63) is 0 Å². The van der Waals surface area contributed by atoms with Crippen molar-refractivity contribution >= 4 is 5.91 Å². The lowest BCUT2D eigenvalue weighted by Gasteiger charge is -2.38. The van der Waals surface area contributed by atoms with Gasteiger partial charge in [0.15, 0.2) is 0 Å². The van der Waals surface area contributed by atoms with E-state index in [0.717, 1.165) is 45.2 Å². The van der Waals surface area contributed by atoms with Gasteiger partial charge in [-0.3, -0.25) is 4.79 Å². The van der Waals surface area contributed by atoms with Gasteiger partial charge in [0.2, 0.25) is 5.91 Å². The van der Waals surface area contributed by atoms with Crippen molar-refractivity contribution in [1.82, 2.24) is 10.2 Å². The predicted octanol–water partition coefficient (Wildman–Crippen LogP) is 0.892. The van der Waals surface area contributed by atoms with E-state index in [0.29, 0.717) is 0 Å². The van der Waals surface area contributed by atoms with E-state index in [9.17, 15) is 4.79 Å². The first-order valence-electron chi connectivity index (χ1n) is 6.97. The first-order chi connectivity index (χ1) is 8.33. The lowest BCUT2D eigenvalue weighted by molar-refractivity contribution is -0.138. The summed E-state index contributed by atoms with van der Waals surface area (Å²) >= 11 is 0. The third-order valence-electron chi connectivity index (χ3n) is 3.98. The molecule has 4 heteroatoms. The zero-order chi connectivity index (χ0) is 12.1. The minimum absolute atomic E-state index is 0.0306. The molecule has 0 aromatic carbocycles. The van der Waals surface area contributed by atoms with Gasteiger partial charge < -0.3 is 15.3 Å². The monoisotopic (exact) mass is 240 g/mol. The van der Waals surface area contributed by atoms with Crippen molar-refractivity contribution in [3.63, 3.8) is 0 Å². The van der Waals surface area contributed by atoms with Crippen molar-refractivity contribution in [1.29, 1.82) is 0 Å². The van der Waals surface area contributed by atoms with Crippen LogP contribution in [0.2, 0.25) is 0 Å². The highest BCUT2D eigenvalue weighted by Crippen LogP contribution is 2.22. The zero-order valence-corrected chi connectivity index (χ0v) is 10.5. The van der Waals surface area contributed by atoms with Gasteiger partial charge in [-0.05, 0) is 45.1 Å². The number of likely N-dealkylation sites (tertiary alicyclic amines) is 1. The van der Waals surface area contributed by atoms with Gasteiger partial charge in [-0.15, -0.1) is 0 Å². The van der Waals surface area contributed by atoms with Crippen LogP contribution in [0.15, 0.2) is 0 Å². The van der Waals surface area contributed by atoms with E-state index in [1.54, 1.807) is 0 Å². The van der Waals surface area contributed by atoms with Crippen LogP contribution in [-0.2, 0) is 4.79 Å². The number of rotatable bonds is 3. The van der Waals surface area contributed by atoms with Gasteiger partial charge in [-0.2, -0.15) is 0 Å². The van der Waals surface area contributed by atoms with Crippen LogP contribution in [0.1, 0.15) is 44.9 Å². The molecule has 2 N–H and O–H groups in total. The lowest BCUT2D eigenvalue weighted by atomic mass is 9.96. The Morgan fingerprint density at radius 1 is 1.24 bits per heavy atom. The molecule has 2 fully saturated rings. The molecule has 2 unspecified atom stereocenters. The van der Waals surface area contributed by atoms with E-state index in [4.69, 9.17) is 5.11 Å². The molecule has 4 nitrogen and oxygen atoms in total. The minimum atomic E-state index is 0.0306. The van der Waals surface area contributed by atoms with Crippen LogP contribution in [0.3, 0.4) is 0 Å². The Bertz CT molecular complexity index is 250. The number of piperidine rings is 2. The van der Waals surface area contributed by atoms with E-state index < -0.39 is 0 Å². The molecule has 98 valence electrons. The zero-order valence-electron chi connectivity index (χ0n) is 10.5. The van der Waals surface area contributed by atoms with Crippen LogP contribution in [-0.4, -0.2) is 47.7 Å². The summed E-state index contributed by atoms with van der Waals surface area (Å²) < 4.78 is 0. The average Bonchev–Trinajstić information content (AvgIpc) is 2.40. The number of nitrogens with one attached hydrogen (secondary N) is 1. The van der Waals surface area contributed by atoms with Crippen molar-refractivity contribution in [3.8, 4) is 0 Å². The fourth-order valence-corrected chi connectivity index (χ4v) is 3.00. The molecular weight excluding hydrogens is 216 g/mol. The molecule has 0 aromatic heterocycles. The van der Waals surface area contributed by atoms with Crippen LogP contribution in [0, 0.1) is 0 Å². The van der Waals surface area contributed by atoms with Crippen molar-refractivity contribution < 1.29 is 9.90 Å². The van der Waals surface area contributed by atoms with E-state index in [2.05, 4.69) is 5.32 Å². The number of hydrogen-bond donors (Lipinski definition) is 2. The average molecular weight is 240 g/mol. The number of aliphatic hydroxyl groups is 1. The van der Waals surface area contributed by atoms with Gasteiger partial charge in [-0.25, -0.2) is 0 Å². The van der Waals surface area contributed by atoms with Gasteiger partial charge in [-0.1, -0.05) is 6.42 Å². The first kappa shape index (κ1) is 12.8. The van der Waals surface area contributed by atoms with Crippen LogP contribution < -0.4 is 5.32 Å². The summed E-state index contributed by atoms with van der Waals surface area (Å²) in [4.78, 5) is 14.4. The number of amides is 1. The molecule has 2 saturated heterocycles. The number of hydrogen-bond acceptors (Lipinski definition) is 3. The Morgan fingerprint density at radius 2 is 2.06 bits per heavy atom. The molecule has 0 aliphatic carbocycles. The SMILES string of the molecule is O=C(C1CCCCN1)N1CCCCC1CCO. The lowest BCUT2D eigenvalue weighted by Crippen LogP contribution is -2.53. The van der Waals surface area contributed by atoms with E-state index >= 15 is 0 Å². The summed E-state index contributed by atoms with van der Waals surface area (Å²) in [5.41, 5.74) is 0. The van der Waals surface area contributed by atoms with Crippen LogP contribution in [0.25, 0.3) is 0 Å². The van der Waals surface area contributed by atoms with Gasteiger partial charge in [0.05, 0.1) is 6.04 Å². The fourth-order valence-electron chi connectivity index (χ4n) is 3.00. The highest BCUT2D eigenvalue weighted by atomic mass is 16.3. The Labute approximate surface area is 103 Å². The summed E-state index contributed by atoms with van der Waals surface area (Å²) in [6, 6.07) is 0.299. The molecule has 0 aromatic rings. The summed E-state index contributed by atoms with van der Waals surface area (Å²) in [5, 5.41) is 12.4. The molecule has 0 saturated carbocycles. The third-order valence-corrected chi connectivity index (χ3v) is 3.98. The largest absolute Gasteiger partial charge is 0.396 e. The molecule has 1 amide bonds. The van der Waals surface area contributed by atoms with E-state index in [1.807, 2.05) is 4.90 Å².